The Labute approximate surface area is 238 Å². The highest BCUT2D eigenvalue weighted by Gasteiger charge is 2.35. The zero-order valence-corrected chi connectivity index (χ0v) is 24.2. The zero-order valence-electron chi connectivity index (χ0n) is 24.2. The molecule has 8 nitrogen and oxygen atoms in total. The average molecular weight is 549 g/mol. The summed E-state index contributed by atoms with van der Waals surface area (Å²) < 4.78 is 5.10. The van der Waals surface area contributed by atoms with Gasteiger partial charge in [-0.1, -0.05) is 30.3 Å². The first-order valence-electron chi connectivity index (χ1n) is 14.5. The Hall–Kier alpha value is -3.20. The number of amides is 1. The molecule has 1 N–H and O–H groups in total. The number of hydrogen-bond donors (Lipinski definition) is 1. The van der Waals surface area contributed by atoms with Crippen LogP contribution in [0.4, 0.5) is 0 Å². The van der Waals surface area contributed by atoms with Gasteiger partial charge in [-0.15, -0.1) is 6.58 Å². The van der Waals surface area contributed by atoms with E-state index in [0.29, 0.717) is 37.8 Å². The highest BCUT2D eigenvalue weighted by atomic mass is 16.5. The molecule has 2 aliphatic rings. The van der Waals surface area contributed by atoms with Crippen molar-refractivity contribution in [3.05, 3.63) is 77.9 Å². The molecule has 8 heteroatoms. The molecule has 2 heterocycles. The van der Waals surface area contributed by atoms with Gasteiger partial charge in [-0.2, -0.15) is 0 Å². The lowest BCUT2D eigenvalue weighted by Crippen LogP contribution is -2.57. The summed E-state index contributed by atoms with van der Waals surface area (Å²) >= 11 is 0. The Bertz CT molecular complexity index is 1170. The third kappa shape index (κ3) is 7.30. The van der Waals surface area contributed by atoms with Crippen LogP contribution in [0.5, 0.6) is 5.75 Å². The molecule has 2 aromatic rings. The van der Waals surface area contributed by atoms with Crippen LogP contribution in [0, 0.1) is 0 Å². The summed E-state index contributed by atoms with van der Waals surface area (Å²) in [6.07, 6.45) is 2.76. The Morgan fingerprint density at radius 2 is 1.77 bits per heavy atom. The van der Waals surface area contributed by atoms with Gasteiger partial charge in [0.05, 0.1) is 19.2 Å². The van der Waals surface area contributed by atoms with Crippen LogP contribution >= 0.6 is 0 Å². The van der Waals surface area contributed by atoms with Gasteiger partial charge in [0.2, 0.25) is 0 Å². The predicted octanol–water partition coefficient (Wildman–Crippen LogP) is 3.77. The van der Waals surface area contributed by atoms with Crippen molar-refractivity contribution in [2.24, 2.45) is 0 Å². The maximum atomic E-state index is 13.7. The number of phenols is 1. The van der Waals surface area contributed by atoms with Crippen molar-refractivity contribution < 1.29 is 19.4 Å². The first kappa shape index (κ1) is 29.8. The van der Waals surface area contributed by atoms with Crippen LogP contribution in [0.3, 0.4) is 0 Å². The summed E-state index contributed by atoms with van der Waals surface area (Å²) in [5.74, 6) is 0.0196. The predicted molar refractivity (Wildman–Crippen MR) is 157 cm³/mol. The summed E-state index contributed by atoms with van der Waals surface area (Å²) in [4.78, 5) is 34.5. The minimum Gasteiger partial charge on any atom is -0.508 e. The van der Waals surface area contributed by atoms with Gasteiger partial charge in [0.15, 0.2) is 0 Å². The van der Waals surface area contributed by atoms with Crippen LogP contribution in [0.25, 0.3) is 0 Å². The summed E-state index contributed by atoms with van der Waals surface area (Å²) in [7, 11) is 0. The molecule has 3 atom stereocenters. The van der Waals surface area contributed by atoms with E-state index < -0.39 is 0 Å². The first-order valence-corrected chi connectivity index (χ1v) is 14.5. The van der Waals surface area contributed by atoms with Crippen molar-refractivity contribution in [3.63, 3.8) is 0 Å². The van der Waals surface area contributed by atoms with E-state index in [0.717, 1.165) is 43.7 Å². The highest BCUT2D eigenvalue weighted by Crippen LogP contribution is 2.35. The molecule has 0 aromatic heterocycles. The standard InChI is InChI=1S/C32H44N4O4/c1-5-14-35-21-25(4)36(22-24(35)3)31(27-11-8-13-29(37)20-27)26-10-7-12-28(19-26)32(39)34-16-9-15-33(17-18-34)23-30(38)40-6-2/h5,7-8,10-13,19-20,24-25,31,37H,1,6,9,14-18,21-23H2,2-4H3/t24-,25+,31-/m1/s1. The second kappa shape index (κ2) is 13.9. The fourth-order valence-corrected chi connectivity index (χ4v) is 6.02. The number of piperazine rings is 1. The quantitative estimate of drug-likeness (QED) is 0.378. The first-order chi connectivity index (χ1) is 19.3. The molecule has 1 amide bonds. The Morgan fingerprint density at radius 3 is 2.50 bits per heavy atom. The number of ether oxygens (including phenoxy) is 1. The minimum atomic E-state index is -0.221. The summed E-state index contributed by atoms with van der Waals surface area (Å²) in [6.45, 7) is 16.1. The molecule has 0 bridgehead atoms. The van der Waals surface area contributed by atoms with E-state index in [1.54, 1.807) is 6.07 Å². The van der Waals surface area contributed by atoms with Crippen molar-refractivity contribution in [3.8, 4) is 5.75 Å². The van der Waals surface area contributed by atoms with Crippen molar-refractivity contribution in [2.45, 2.75) is 45.3 Å². The second-order valence-electron chi connectivity index (χ2n) is 11.0. The maximum Gasteiger partial charge on any atom is 0.320 e. The van der Waals surface area contributed by atoms with Crippen molar-refractivity contribution in [1.82, 2.24) is 19.6 Å². The van der Waals surface area contributed by atoms with E-state index in [1.807, 2.05) is 48.2 Å². The smallest absolute Gasteiger partial charge is 0.320 e. The molecule has 216 valence electrons. The largest absolute Gasteiger partial charge is 0.508 e. The van der Waals surface area contributed by atoms with Gasteiger partial charge in [-0.05, 0) is 62.6 Å². The Kier molecular flexibility index (Phi) is 10.4. The third-order valence-electron chi connectivity index (χ3n) is 8.03. The molecule has 0 radical (unpaired) electrons. The SMILES string of the molecule is C=CCN1C[C@H](C)N([C@@H](c2cccc(O)c2)c2cccc(C(=O)N3CCCN(CC(=O)OCC)CC3)c2)C[C@H]1C. The van der Waals surface area contributed by atoms with Gasteiger partial charge in [-0.25, -0.2) is 0 Å². The average Bonchev–Trinajstić information content (AvgIpc) is 3.17. The van der Waals surface area contributed by atoms with E-state index in [2.05, 4.69) is 47.3 Å². The van der Waals surface area contributed by atoms with Gasteiger partial charge in [0, 0.05) is 63.5 Å². The van der Waals surface area contributed by atoms with Gasteiger partial charge in [0.1, 0.15) is 5.75 Å². The number of esters is 1. The fraction of sp³-hybridized carbons (Fsp3) is 0.500. The summed E-state index contributed by atoms with van der Waals surface area (Å²) in [5, 5.41) is 10.4. The van der Waals surface area contributed by atoms with Gasteiger partial charge in [0.25, 0.3) is 5.91 Å². The van der Waals surface area contributed by atoms with Crippen LogP contribution in [0.15, 0.2) is 61.2 Å². The van der Waals surface area contributed by atoms with E-state index >= 15 is 0 Å². The zero-order chi connectivity index (χ0) is 28.6. The molecule has 0 aliphatic carbocycles. The lowest BCUT2D eigenvalue weighted by atomic mass is 9.92. The molecule has 40 heavy (non-hydrogen) atoms. The molecule has 0 spiro atoms. The number of rotatable bonds is 9. The lowest BCUT2D eigenvalue weighted by Gasteiger charge is -2.47. The van der Waals surface area contributed by atoms with Crippen LogP contribution in [0.2, 0.25) is 0 Å². The number of benzene rings is 2. The van der Waals surface area contributed by atoms with Crippen LogP contribution < -0.4 is 0 Å². The van der Waals surface area contributed by atoms with Gasteiger partial charge in [-0.3, -0.25) is 24.3 Å². The molecule has 4 rings (SSSR count). The van der Waals surface area contributed by atoms with E-state index in [9.17, 15) is 14.7 Å². The van der Waals surface area contributed by atoms with Crippen LogP contribution in [-0.4, -0.2) is 108 Å². The number of nitrogens with zero attached hydrogens (tertiary/aromatic N) is 4. The number of aromatic hydroxyl groups is 1. The Balaban J connectivity index is 1.57. The molecule has 2 fully saturated rings. The maximum absolute atomic E-state index is 13.7. The van der Waals surface area contributed by atoms with Crippen LogP contribution in [0.1, 0.15) is 54.7 Å². The van der Waals surface area contributed by atoms with Crippen LogP contribution in [-0.2, 0) is 9.53 Å². The second-order valence-corrected chi connectivity index (χ2v) is 11.0. The molecule has 2 aromatic carbocycles. The Morgan fingerprint density at radius 1 is 1.02 bits per heavy atom. The molecule has 2 aliphatic heterocycles. The fourth-order valence-electron chi connectivity index (χ4n) is 6.02. The van der Waals surface area contributed by atoms with E-state index in [4.69, 9.17) is 4.74 Å². The summed E-state index contributed by atoms with van der Waals surface area (Å²) in [6, 6.07) is 15.9. The molecular weight excluding hydrogens is 504 g/mol. The van der Waals surface area contributed by atoms with Gasteiger partial charge < -0.3 is 14.7 Å². The normalized spacial score (nSPS) is 21.9. The number of phenolic OH excluding ortho intramolecular Hbond substituents is 1. The summed E-state index contributed by atoms with van der Waals surface area (Å²) in [5.41, 5.74) is 2.70. The van der Waals surface area contributed by atoms with Crippen molar-refractivity contribution in [1.29, 1.82) is 0 Å². The molecule has 0 saturated carbocycles. The number of hydrogen-bond acceptors (Lipinski definition) is 7. The molecule has 0 unspecified atom stereocenters. The number of carbonyl (C=O) groups excluding carboxylic acids is 2. The lowest BCUT2D eigenvalue weighted by molar-refractivity contribution is -0.144. The topological polar surface area (TPSA) is 76.6 Å². The van der Waals surface area contributed by atoms with Gasteiger partial charge >= 0.3 is 5.97 Å². The van der Waals surface area contributed by atoms with E-state index in [-0.39, 0.29) is 36.3 Å². The third-order valence-corrected chi connectivity index (χ3v) is 8.03. The molecule has 2 saturated heterocycles. The molecular formula is C32H44N4O4. The van der Waals surface area contributed by atoms with Crippen molar-refractivity contribution >= 4 is 11.9 Å². The number of carbonyl (C=O) groups is 2. The van der Waals surface area contributed by atoms with E-state index in [1.165, 1.54) is 0 Å². The minimum absolute atomic E-state index is 0.00622. The highest BCUT2D eigenvalue weighted by molar-refractivity contribution is 5.94. The van der Waals surface area contributed by atoms with Crippen molar-refractivity contribution in [2.75, 3.05) is 59.0 Å². The monoisotopic (exact) mass is 548 g/mol.